The van der Waals surface area contributed by atoms with Crippen molar-refractivity contribution in [1.29, 1.82) is 0 Å². The predicted octanol–water partition coefficient (Wildman–Crippen LogP) is 3.53. The van der Waals surface area contributed by atoms with Crippen LogP contribution in [0, 0.1) is 5.92 Å². The van der Waals surface area contributed by atoms with Crippen LogP contribution in [0.3, 0.4) is 0 Å². The maximum absolute atomic E-state index is 11.4. The molecule has 0 spiro atoms. The van der Waals surface area contributed by atoms with E-state index in [-0.39, 0.29) is 0 Å². The van der Waals surface area contributed by atoms with Crippen LogP contribution in [0.15, 0.2) is 0 Å². The molecule has 1 saturated carbocycles. The molecule has 1 aliphatic rings. The van der Waals surface area contributed by atoms with E-state index < -0.39 is 11.5 Å². The smallest absolute Gasteiger partial charge is 0.323 e. The van der Waals surface area contributed by atoms with Crippen LogP contribution >= 0.6 is 11.8 Å². The molecule has 1 aliphatic carbocycles. The van der Waals surface area contributed by atoms with Crippen molar-refractivity contribution in [2.24, 2.45) is 5.92 Å². The van der Waals surface area contributed by atoms with Gasteiger partial charge in [-0.25, -0.2) is 0 Å². The number of carboxylic acids is 1. The number of unbranched alkanes of at least 4 members (excludes halogenated alkanes) is 1. The highest BCUT2D eigenvalue weighted by atomic mass is 32.2. The van der Waals surface area contributed by atoms with E-state index in [0.29, 0.717) is 6.04 Å². The molecule has 19 heavy (non-hydrogen) atoms. The SMILES string of the molecule is CCC(C)CSCCCCC(C)(NC1CC1)C(=O)O. The highest BCUT2D eigenvalue weighted by molar-refractivity contribution is 7.99. The predicted molar refractivity (Wildman–Crippen MR) is 82.8 cm³/mol. The largest absolute Gasteiger partial charge is 0.480 e. The van der Waals surface area contributed by atoms with Gasteiger partial charge in [0.15, 0.2) is 0 Å². The molecule has 2 atom stereocenters. The van der Waals surface area contributed by atoms with Crippen LogP contribution in [0.5, 0.6) is 0 Å². The number of thioether (sulfide) groups is 1. The van der Waals surface area contributed by atoms with Gasteiger partial charge in [-0.15, -0.1) is 0 Å². The second-order valence-corrected chi connectivity index (χ2v) is 7.25. The van der Waals surface area contributed by atoms with Gasteiger partial charge < -0.3 is 5.11 Å². The summed E-state index contributed by atoms with van der Waals surface area (Å²) in [6, 6.07) is 0.445. The van der Waals surface area contributed by atoms with Crippen LogP contribution in [-0.2, 0) is 4.79 Å². The monoisotopic (exact) mass is 287 g/mol. The van der Waals surface area contributed by atoms with E-state index in [9.17, 15) is 9.90 Å². The molecule has 1 rings (SSSR count). The number of nitrogens with one attached hydrogen (secondary N) is 1. The summed E-state index contributed by atoms with van der Waals surface area (Å²) < 4.78 is 0. The van der Waals surface area contributed by atoms with Gasteiger partial charge in [-0.2, -0.15) is 11.8 Å². The van der Waals surface area contributed by atoms with Gasteiger partial charge >= 0.3 is 5.97 Å². The van der Waals surface area contributed by atoms with E-state index in [1.165, 1.54) is 12.2 Å². The zero-order valence-corrected chi connectivity index (χ0v) is 13.4. The van der Waals surface area contributed by atoms with Crippen molar-refractivity contribution in [2.75, 3.05) is 11.5 Å². The fraction of sp³-hybridized carbons (Fsp3) is 0.933. The van der Waals surface area contributed by atoms with Crippen LogP contribution in [0.4, 0.5) is 0 Å². The minimum Gasteiger partial charge on any atom is -0.480 e. The zero-order valence-electron chi connectivity index (χ0n) is 12.6. The van der Waals surface area contributed by atoms with Gasteiger partial charge in [-0.05, 0) is 50.0 Å². The van der Waals surface area contributed by atoms with Gasteiger partial charge in [-0.3, -0.25) is 10.1 Å². The number of rotatable bonds is 11. The van der Waals surface area contributed by atoms with Crippen molar-refractivity contribution < 1.29 is 9.90 Å². The van der Waals surface area contributed by atoms with Crippen molar-refractivity contribution in [3.05, 3.63) is 0 Å². The van der Waals surface area contributed by atoms with Crippen molar-refractivity contribution in [3.8, 4) is 0 Å². The lowest BCUT2D eigenvalue weighted by Gasteiger charge is -2.26. The second kappa shape index (κ2) is 8.15. The van der Waals surface area contributed by atoms with E-state index in [1.54, 1.807) is 0 Å². The Labute approximate surface area is 121 Å². The van der Waals surface area contributed by atoms with Gasteiger partial charge in [0.05, 0.1) is 0 Å². The van der Waals surface area contributed by atoms with Crippen molar-refractivity contribution in [3.63, 3.8) is 0 Å². The summed E-state index contributed by atoms with van der Waals surface area (Å²) >= 11 is 2.00. The number of carboxylic acid groups (broad SMARTS) is 1. The van der Waals surface area contributed by atoms with Gasteiger partial charge in [-0.1, -0.05) is 26.7 Å². The standard InChI is InChI=1S/C15H29NO2S/c1-4-12(2)11-19-10-6-5-9-15(3,14(17)18)16-13-7-8-13/h12-13,16H,4-11H2,1-3H3,(H,17,18). The van der Waals surface area contributed by atoms with Crippen LogP contribution in [-0.4, -0.2) is 34.2 Å². The average molecular weight is 287 g/mol. The highest BCUT2D eigenvalue weighted by Crippen LogP contribution is 2.25. The van der Waals surface area contributed by atoms with E-state index in [1.807, 2.05) is 18.7 Å². The summed E-state index contributed by atoms with van der Waals surface area (Å²) in [6.45, 7) is 6.35. The first kappa shape index (κ1) is 16.8. The zero-order chi connectivity index (χ0) is 14.3. The first-order chi connectivity index (χ1) is 8.98. The molecule has 0 radical (unpaired) electrons. The Morgan fingerprint density at radius 3 is 2.68 bits per heavy atom. The minimum absolute atomic E-state index is 0.445. The summed E-state index contributed by atoms with van der Waals surface area (Å²) in [4.78, 5) is 11.4. The number of carbonyl (C=O) groups is 1. The number of hydrogen-bond acceptors (Lipinski definition) is 3. The third kappa shape index (κ3) is 6.66. The van der Waals surface area contributed by atoms with Crippen LogP contribution in [0.1, 0.15) is 59.3 Å². The Kier molecular flexibility index (Phi) is 7.22. The van der Waals surface area contributed by atoms with Gasteiger partial charge in [0.1, 0.15) is 5.54 Å². The Bertz CT molecular complexity index is 281. The molecule has 3 nitrogen and oxygen atoms in total. The van der Waals surface area contributed by atoms with Crippen LogP contribution < -0.4 is 5.32 Å². The Morgan fingerprint density at radius 1 is 1.47 bits per heavy atom. The van der Waals surface area contributed by atoms with Crippen molar-refractivity contribution in [1.82, 2.24) is 5.32 Å². The Balaban J connectivity index is 2.12. The molecule has 0 heterocycles. The van der Waals surface area contributed by atoms with Crippen LogP contribution in [0.25, 0.3) is 0 Å². The van der Waals surface area contributed by atoms with Crippen molar-refractivity contribution >= 4 is 17.7 Å². The Morgan fingerprint density at radius 2 is 2.16 bits per heavy atom. The number of hydrogen-bond donors (Lipinski definition) is 2. The maximum atomic E-state index is 11.4. The molecule has 2 N–H and O–H groups in total. The minimum atomic E-state index is -0.720. The molecule has 0 aromatic heterocycles. The molecule has 0 bridgehead atoms. The third-order valence-corrected chi connectivity index (χ3v) is 5.27. The van der Waals surface area contributed by atoms with Gasteiger partial charge in [0.2, 0.25) is 0 Å². The molecule has 0 saturated heterocycles. The lowest BCUT2D eigenvalue weighted by atomic mass is 9.95. The molecule has 1 fully saturated rings. The molecular formula is C15H29NO2S. The molecule has 112 valence electrons. The fourth-order valence-corrected chi connectivity index (χ4v) is 3.22. The summed E-state index contributed by atoms with van der Waals surface area (Å²) in [5.74, 6) is 2.48. The van der Waals surface area contributed by atoms with E-state index >= 15 is 0 Å². The van der Waals surface area contributed by atoms with Gasteiger partial charge in [0.25, 0.3) is 0 Å². The summed E-state index contributed by atoms with van der Waals surface area (Å²) in [7, 11) is 0. The van der Waals surface area contributed by atoms with Crippen LogP contribution in [0.2, 0.25) is 0 Å². The molecule has 0 aromatic carbocycles. The summed E-state index contributed by atoms with van der Waals surface area (Å²) in [5.41, 5.74) is -0.720. The first-order valence-corrected chi connectivity index (χ1v) is 8.72. The van der Waals surface area contributed by atoms with Crippen molar-refractivity contribution in [2.45, 2.75) is 70.9 Å². The van der Waals surface area contributed by atoms with E-state index in [4.69, 9.17) is 0 Å². The quantitative estimate of drug-likeness (QED) is 0.571. The number of aliphatic carboxylic acids is 1. The normalized spacial score (nSPS) is 19.9. The maximum Gasteiger partial charge on any atom is 0.323 e. The average Bonchev–Trinajstić information content (AvgIpc) is 3.16. The fourth-order valence-electron chi connectivity index (χ4n) is 2.00. The molecule has 0 aliphatic heterocycles. The molecular weight excluding hydrogens is 258 g/mol. The highest BCUT2D eigenvalue weighted by Gasteiger charge is 2.37. The van der Waals surface area contributed by atoms with E-state index in [0.717, 1.165) is 43.8 Å². The summed E-state index contributed by atoms with van der Waals surface area (Å²) in [5, 5.41) is 12.6. The topological polar surface area (TPSA) is 49.3 Å². The molecule has 0 aromatic rings. The first-order valence-electron chi connectivity index (χ1n) is 7.56. The molecule has 2 unspecified atom stereocenters. The second-order valence-electron chi connectivity index (χ2n) is 6.10. The summed E-state index contributed by atoms with van der Waals surface area (Å²) in [6.07, 6.45) is 6.37. The lowest BCUT2D eigenvalue weighted by Crippen LogP contribution is -2.50. The van der Waals surface area contributed by atoms with Gasteiger partial charge in [0, 0.05) is 6.04 Å². The Hall–Kier alpha value is -0.220. The van der Waals surface area contributed by atoms with E-state index in [2.05, 4.69) is 19.2 Å². The third-order valence-electron chi connectivity index (χ3n) is 3.89. The lowest BCUT2D eigenvalue weighted by molar-refractivity contribution is -0.144. The molecule has 0 amide bonds. The molecule has 4 heteroatoms.